The molecule has 0 spiro atoms. The molecule has 0 aliphatic rings. The van der Waals surface area contributed by atoms with Gasteiger partial charge in [-0.1, -0.05) is 38.3 Å². The van der Waals surface area contributed by atoms with E-state index < -0.39 is 11.9 Å². The van der Waals surface area contributed by atoms with E-state index in [1.54, 1.807) is 18.2 Å². The van der Waals surface area contributed by atoms with Gasteiger partial charge in [-0.25, -0.2) is 4.79 Å². The average molecular weight is 282 g/mol. The molecule has 0 fully saturated rings. The fraction of sp³-hybridized carbons (Fsp3) is 0.467. The highest BCUT2D eigenvalue weighted by Crippen LogP contribution is 2.16. The lowest BCUT2D eigenvalue weighted by atomic mass is 10.2. The van der Waals surface area contributed by atoms with Crippen molar-refractivity contribution < 1.29 is 24.5 Å². The van der Waals surface area contributed by atoms with Gasteiger partial charge in [0.15, 0.2) is 0 Å². The van der Waals surface area contributed by atoms with E-state index in [-0.39, 0.29) is 11.3 Å². The van der Waals surface area contributed by atoms with E-state index in [1.165, 1.54) is 6.07 Å². The minimum atomic E-state index is -0.833. The number of para-hydroxylation sites is 1. The Morgan fingerprint density at radius 1 is 1.15 bits per heavy atom. The number of carbonyl (C=O) groups is 2. The molecule has 2 N–H and O–H groups in total. The highest BCUT2D eigenvalue weighted by Gasteiger charge is 2.10. The lowest BCUT2D eigenvalue weighted by molar-refractivity contribution is -0.134. The van der Waals surface area contributed by atoms with Crippen molar-refractivity contribution in [2.24, 2.45) is 0 Å². The third-order valence-electron chi connectivity index (χ3n) is 2.36. The molecule has 0 radical (unpaired) electrons. The maximum Gasteiger partial charge on any atom is 0.341 e. The van der Waals surface area contributed by atoms with Crippen molar-refractivity contribution in [1.29, 1.82) is 0 Å². The Hall–Kier alpha value is -2.04. The molecule has 5 heteroatoms. The molecule has 0 saturated heterocycles. The van der Waals surface area contributed by atoms with Gasteiger partial charge in [0.2, 0.25) is 0 Å². The number of carboxylic acids is 1. The van der Waals surface area contributed by atoms with E-state index in [0.717, 1.165) is 32.6 Å². The van der Waals surface area contributed by atoms with Crippen molar-refractivity contribution in [2.45, 2.75) is 39.5 Å². The van der Waals surface area contributed by atoms with Crippen LogP contribution in [0.4, 0.5) is 0 Å². The van der Waals surface area contributed by atoms with Gasteiger partial charge in [-0.2, -0.15) is 0 Å². The Morgan fingerprint density at radius 2 is 1.75 bits per heavy atom. The molecule has 1 rings (SSSR count). The number of benzene rings is 1. The van der Waals surface area contributed by atoms with Crippen LogP contribution in [0.25, 0.3) is 0 Å². The van der Waals surface area contributed by atoms with Gasteiger partial charge in [-0.05, 0) is 18.6 Å². The van der Waals surface area contributed by atoms with Gasteiger partial charge in [0.05, 0.1) is 6.61 Å². The molecule has 0 atom stereocenters. The van der Waals surface area contributed by atoms with Crippen LogP contribution in [-0.2, 0) is 9.53 Å². The Kier molecular flexibility index (Phi) is 9.74. The summed E-state index contributed by atoms with van der Waals surface area (Å²) in [5.74, 6) is -1.31. The summed E-state index contributed by atoms with van der Waals surface area (Å²) < 4.78 is 5.06. The third-order valence-corrected chi connectivity index (χ3v) is 2.36. The number of esters is 1. The SMILES string of the molecule is CC(=O)O.CCCCCCOC(=O)c1ccccc1O. The van der Waals surface area contributed by atoms with Crippen LogP contribution in [0, 0.1) is 0 Å². The molecule has 0 aliphatic heterocycles. The van der Waals surface area contributed by atoms with Crippen LogP contribution >= 0.6 is 0 Å². The van der Waals surface area contributed by atoms with E-state index in [0.29, 0.717) is 6.61 Å². The van der Waals surface area contributed by atoms with Gasteiger partial charge >= 0.3 is 5.97 Å². The zero-order chi connectivity index (χ0) is 15.4. The molecular weight excluding hydrogens is 260 g/mol. The molecule has 1 aromatic carbocycles. The summed E-state index contributed by atoms with van der Waals surface area (Å²) in [6.45, 7) is 3.64. The fourth-order valence-corrected chi connectivity index (χ4v) is 1.42. The Balaban J connectivity index is 0.000000796. The first-order valence-corrected chi connectivity index (χ1v) is 6.63. The van der Waals surface area contributed by atoms with Crippen LogP contribution in [-0.4, -0.2) is 28.8 Å². The van der Waals surface area contributed by atoms with Crippen LogP contribution in [0.1, 0.15) is 49.9 Å². The van der Waals surface area contributed by atoms with Gasteiger partial charge in [-0.15, -0.1) is 0 Å². The van der Waals surface area contributed by atoms with Crippen molar-refractivity contribution in [1.82, 2.24) is 0 Å². The smallest absolute Gasteiger partial charge is 0.341 e. The fourth-order valence-electron chi connectivity index (χ4n) is 1.42. The Morgan fingerprint density at radius 3 is 2.30 bits per heavy atom. The molecule has 0 amide bonds. The first-order chi connectivity index (χ1) is 9.49. The molecule has 0 unspecified atom stereocenters. The van der Waals surface area contributed by atoms with Crippen molar-refractivity contribution in [2.75, 3.05) is 6.61 Å². The largest absolute Gasteiger partial charge is 0.507 e. The monoisotopic (exact) mass is 282 g/mol. The highest BCUT2D eigenvalue weighted by molar-refractivity contribution is 5.92. The van der Waals surface area contributed by atoms with Crippen LogP contribution in [0.5, 0.6) is 5.75 Å². The first kappa shape index (κ1) is 18.0. The standard InChI is InChI=1S/C13H18O3.C2H4O2/c1-2-3-4-7-10-16-13(15)11-8-5-6-9-12(11)14;1-2(3)4/h5-6,8-9,14H,2-4,7,10H2,1H3;1H3,(H,3,4). The molecule has 0 bridgehead atoms. The molecular formula is C15H22O5. The van der Waals surface area contributed by atoms with Gasteiger partial charge in [-0.3, -0.25) is 4.79 Å². The van der Waals surface area contributed by atoms with Crippen molar-refractivity contribution in [3.63, 3.8) is 0 Å². The summed E-state index contributed by atoms with van der Waals surface area (Å²) in [4.78, 5) is 20.5. The van der Waals surface area contributed by atoms with E-state index in [2.05, 4.69) is 6.92 Å². The normalized spacial score (nSPS) is 9.30. The molecule has 112 valence electrons. The summed E-state index contributed by atoms with van der Waals surface area (Å²) in [6.07, 6.45) is 4.28. The van der Waals surface area contributed by atoms with Gasteiger partial charge in [0.1, 0.15) is 11.3 Å². The molecule has 1 aromatic rings. The average Bonchev–Trinajstić information content (AvgIpc) is 2.38. The Bertz CT molecular complexity index is 410. The number of ether oxygens (including phenoxy) is 1. The topological polar surface area (TPSA) is 83.8 Å². The maximum absolute atomic E-state index is 11.5. The van der Waals surface area contributed by atoms with Crippen LogP contribution in [0.15, 0.2) is 24.3 Å². The number of aliphatic carboxylic acids is 1. The predicted octanol–water partition coefficient (Wildman–Crippen LogP) is 3.22. The number of phenols is 1. The summed E-state index contributed by atoms with van der Waals surface area (Å²) in [6, 6.07) is 6.41. The van der Waals surface area contributed by atoms with Crippen molar-refractivity contribution in [3.05, 3.63) is 29.8 Å². The first-order valence-electron chi connectivity index (χ1n) is 6.63. The Labute approximate surface area is 119 Å². The van der Waals surface area contributed by atoms with Gasteiger partial charge < -0.3 is 14.9 Å². The van der Waals surface area contributed by atoms with Gasteiger partial charge in [0.25, 0.3) is 5.97 Å². The second kappa shape index (κ2) is 10.8. The number of aromatic hydroxyl groups is 1. The van der Waals surface area contributed by atoms with E-state index >= 15 is 0 Å². The second-order valence-corrected chi connectivity index (χ2v) is 4.23. The van der Waals surface area contributed by atoms with E-state index in [4.69, 9.17) is 14.6 Å². The van der Waals surface area contributed by atoms with Crippen molar-refractivity contribution >= 4 is 11.9 Å². The number of unbranched alkanes of at least 4 members (excludes halogenated alkanes) is 3. The summed E-state index contributed by atoms with van der Waals surface area (Å²) in [7, 11) is 0. The third kappa shape index (κ3) is 8.97. The van der Waals surface area contributed by atoms with Gasteiger partial charge in [0, 0.05) is 6.92 Å². The molecule has 0 aliphatic carbocycles. The number of phenolic OH excluding ortho intramolecular Hbond substituents is 1. The lowest BCUT2D eigenvalue weighted by Gasteiger charge is -2.05. The zero-order valence-electron chi connectivity index (χ0n) is 12.0. The molecule has 0 saturated carbocycles. The lowest BCUT2D eigenvalue weighted by Crippen LogP contribution is -2.06. The summed E-state index contributed by atoms with van der Waals surface area (Å²) in [5.41, 5.74) is 0.234. The zero-order valence-corrected chi connectivity index (χ0v) is 12.0. The predicted molar refractivity (Wildman–Crippen MR) is 75.8 cm³/mol. The minimum Gasteiger partial charge on any atom is -0.507 e. The van der Waals surface area contributed by atoms with E-state index in [9.17, 15) is 9.90 Å². The molecule has 20 heavy (non-hydrogen) atoms. The number of carboxylic acid groups (broad SMARTS) is 1. The number of hydrogen-bond acceptors (Lipinski definition) is 4. The minimum absolute atomic E-state index is 0.0268. The molecule has 5 nitrogen and oxygen atoms in total. The second-order valence-electron chi connectivity index (χ2n) is 4.23. The number of rotatable bonds is 6. The van der Waals surface area contributed by atoms with Crippen LogP contribution < -0.4 is 0 Å². The molecule has 0 aromatic heterocycles. The summed E-state index contributed by atoms with van der Waals surface area (Å²) >= 11 is 0. The number of carbonyl (C=O) groups excluding carboxylic acids is 1. The highest BCUT2D eigenvalue weighted by atomic mass is 16.5. The van der Waals surface area contributed by atoms with Crippen LogP contribution in [0.2, 0.25) is 0 Å². The molecule has 0 heterocycles. The quantitative estimate of drug-likeness (QED) is 0.618. The van der Waals surface area contributed by atoms with Crippen molar-refractivity contribution in [3.8, 4) is 5.75 Å². The summed E-state index contributed by atoms with van der Waals surface area (Å²) in [5, 5.41) is 16.8. The van der Waals surface area contributed by atoms with Crippen LogP contribution in [0.3, 0.4) is 0 Å². The van der Waals surface area contributed by atoms with E-state index in [1.807, 2.05) is 0 Å². The number of hydrogen-bond donors (Lipinski definition) is 2. The maximum atomic E-state index is 11.5.